The molecule has 1 fully saturated rings. The van der Waals surface area contributed by atoms with E-state index in [1.165, 1.54) is 0 Å². The third-order valence-electron chi connectivity index (χ3n) is 8.60. The normalized spacial score (nSPS) is 27.3. The van der Waals surface area contributed by atoms with Crippen LogP contribution in [0.25, 0.3) is 43.6 Å². The lowest BCUT2D eigenvalue weighted by atomic mass is 9.93. The van der Waals surface area contributed by atoms with Gasteiger partial charge in [-0.3, -0.25) is 4.79 Å². The number of carbonyl (C=O) groups excluding carboxylic acids is 1. The van der Waals surface area contributed by atoms with Gasteiger partial charge in [-0.15, -0.1) is 0 Å². The number of benzene rings is 3. The lowest BCUT2D eigenvalue weighted by molar-refractivity contribution is -0.256. The van der Waals surface area contributed by atoms with Gasteiger partial charge in [0.05, 0.1) is 27.6 Å². The molecule has 0 saturated carbocycles. The Balaban J connectivity index is 1.72. The summed E-state index contributed by atoms with van der Waals surface area (Å²) >= 11 is 0. The minimum atomic E-state index is -0.760. The average molecular weight is 467 g/mol. The van der Waals surface area contributed by atoms with Gasteiger partial charge >= 0.3 is 0 Å². The van der Waals surface area contributed by atoms with Crippen LogP contribution in [0.4, 0.5) is 0 Å². The lowest BCUT2D eigenvalue weighted by Crippen LogP contribution is -2.59. The lowest BCUT2D eigenvalue weighted by Gasteiger charge is -2.48. The Hall–Kier alpha value is -3.39. The fraction of sp³-hybridized carbons (Fsp3) is 0.321. The molecule has 2 bridgehead atoms. The van der Waals surface area contributed by atoms with E-state index in [4.69, 9.17) is 9.47 Å². The second kappa shape index (κ2) is 6.43. The van der Waals surface area contributed by atoms with Crippen molar-refractivity contribution in [1.29, 1.82) is 0 Å². The second-order valence-electron chi connectivity index (χ2n) is 10.1. The third-order valence-corrected chi connectivity index (χ3v) is 8.60. The standard InChI is InChI=1S/C28H26N4O3/c1-28-26(34-3)17(29-2)12-20(35-28)31-18-10-6-4-8-14(18)22-23-16(13-30-27(23)33)21-15-9-5-7-11-19(15)32(28)25(21)24(22)31/h4-11,17,20,26,29H,12-13H2,1-3H3,(H,30,33)/t17-,20?,26-,28?/m0/s1. The van der Waals surface area contributed by atoms with E-state index < -0.39 is 5.72 Å². The highest BCUT2D eigenvalue weighted by molar-refractivity contribution is 6.31. The summed E-state index contributed by atoms with van der Waals surface area (Å²) in [7, 11) is 3.77. The summed E-state index contributed by atoms with van der Waals surface area (Å²) < 4.78 is 18.0. The van der Waals surface area contributed by atoms with E-state index in [-0.39, 0.29) is 24.3 Å². The molecule has 7 heteroatoms. The molecular formula is C28H26N4O3. The quantitative estimate of drug-likeness (QED) is 0.406. The molecule has 0 radical (unpaired) electrons. The summed E-state index contributed by atoms with van der Waals surface area (Å²) in [5.41, 5.74) is 5.51. The minimum absolute atomic E-state index is 0.00357. The Morgan fingerprint density at radius 1 is 1.06 bits per heavy atom. The van der Waals surface area contributed by atoms with E-state index in [1.54, 1.807) is 7.11 Å². The molecule has 1 saturated heterocycles. The van der Waals surface area contributed by atoms with Crippen molar-refractivity contribution in [3.05, 3.63) is 59.7 Å². The summed E-state index contributed by atoms with van der Waals surface area (Å²) in [6, 6.07) is 17.0. The van der Waals surface area contributed by atoms with E-state index >= 15 is 0 Å². The molecule has 3 aromatic carbocycles. The van der Waals surface area contributed by atoms with Crippen LogP contribution in [0, 0.1) is 0 Å². The van der Waals surface area contributed by atoms with Gasteiger partial charge in [-0.05, 0) is 31.7 Å². The zero-order valence-corrected chi connectivity index (χ0v) is 19.9. The van der Waals surface area contributed by atoms with Gasteiger partial charge in [0.2, 0.25) is 0 Å². The molecule has 2 unspecified atom stereocenters. The van der Waals surface area contributed by atoms with Crippen LogP contribution in [0.15, 0.2) is 48.5 Å². The number of nitrogens with one attached hydrogen (secondary N) is 2. The van der Waals surface area contributed by atoms with E-state index in [2.05, 4.69) is 75.2 Å². The van der Waals surface area contributed by atoms with Crippen molar-refractivity contribution >= 4 is 49.5 Å². The van der Waals surface area contributed by atoms with Crippen LogP contribution in [0.5, 0.6) is 0 Å². The summed E-state index contributed by atoms with van der Waals surface area (Å²) in [6.45, 7) is 2.68. The van der Waals surface area contributed by atoms with Crippen molar-refractivity contribution in [2.45, 2.75) is 44.0 Å². The SMILES string of the molecule is CN[C@H]1CC2OC(C)([C@H]1OC)n1c3ccccc3c3c4c(c5c6ccccc6n2c5c31)C(=O)NC4. The molecule has 3 aliphatic rings. The maximum Gasteiger partial charge on any atom is 0.252 e. The van der Waals surface area contributed by atoms with Crippen LogP contribution in [-0.4, -0.2) is 41.3 Å². The molecule has 4 atom stereocenters. The van der Waals surface area contributed by atoms with Crippen molar-refractivity contribution in [3.63, 3.8) is 0 Å². The van der Waals surface area contributed by atoms with E-state index in [1.807, 2.05) is 7.05 Å². The second-order valence-corrected chi connectivity index (χ2v) is 10.1. The molecule has 7 nitrogen and oxygen atoms in total. The first kappa shape index (κ1) is 19.9. The van der Waals surface area contributed by atoms with E-state index in [9.17, 15) is 4.79 Å². The zero-order chi connectivity index (χ0) is 23.6. The van der Waals surface area contributed by atoms with Gasteiger partial charge in [0.15, 0.2) is 5.72 Å². The molecule has 35 heavy (non-hydrogen) atoms. The van der Waals surface area contributed by atoms with Gasteiger partial charge in [0, 0.05) is 47.7 Å². The first-order valence-corrected chi connectivity index (χ1v) is 12.3. The van der Waals surface area contributed by atoms with Crippen LogP contribution in [0.3, 0.4) is 0 Å². The average Bonchev–Trinajstić information content (AvgIpc) is 3.51. The number of hydrogen-bond donors (Lipinski definition) is 2. The topological polar surface area (TPSA) is 69.5 Å². The van der Waals surface area contributed by atoms with Crippen LogP contribution in [0.1, 0.15) is 35.5 Å². The van der Waals surface area contributed by atoms with Gasteiger partial charge in [-0.25, -0.2) is 0 Å². The predicted molar refractivity (Wildman–Crippen MR) is 136 cm³/mol. The maximum absolute atomic E-state index is 13.3. The number of rotatable bonds is 2. The first-order chi connectivity index (χ1) is 17.1. The van der Waals surface area contributed by atoms with Crippen molar-refractivity contribution in [2.24, 2.45) is 0 Å². The molecule has 2 aromatic heterocycles. The number of methoxy groups -OCH3 is 1. The molecular weight excluding hydrogens is 440 g/mol. The number of carbonyl (C=O) groups is 1. The molecule has 1 amide bonds. The number of hydrogen-bond acceptors (Lipinski definition) is 4. The fourth-order valence-corrected chi connectivity index (χ4v) is 7.33. The van der Waals surface area contributed by atoms with Gasteiger partial charge < -0.3 is 29.2 Å². The van der Waals surface area contributed by atoms with Gasteiger partial charge in [0.25, 0.3) is 5.91 Å². The number of ether oxygens (including phenoxy) is 2. The van der Waals surface area contributed by atoms with Gasteiger partial charge in [0.1, 0.15) is 12.3 Å². The Morgan fingerprint density at radius 2 is 1.77 bits per heavy atom. The maximum atomic E-state index is 13.3. The summed E-state index contributed by atoms with van der Waals surface area (Å²) in [4.78, 5) is 13.3. The Bertz CT molecular complexity index is 1750. The monoisotopic (exact) mass is 466 g/mol. The molecule has 0 aliphatic carbocycles. The highest BCUT2D eigenvalue weighted by Crippen LogP contribution is 2.53. The predicted octanol–water partition coefficient (Wildman–Crippen LogP) is 4.35. The molecule has 3 aliphatic heterocycles. The van der Waals surface area contributed by atoms with Crippen LogP contribution in [-0.2, 0) is 21.7 Å². The molecule has 8 rings (SSSR count). The Morgan fingerprint density at radius 3 is 2.51 bits per heavy atom. The van der Waals surface area contributed by atoms with Crippen molar-refractivity contribution in [2.75, 3.05) is 14.2 Å². The summed E-state index contributed by atoms with van der Waals surface area (Å²) in [6.07, 6.45) is 0.337. The number of aromatic nitrogens is 2. The third kappa shape index (κ3) is 2.12. The van der Waals surface area contributed by atoms with Crippen molar-refractivity contribution in [3.8, 4) is 0 Å². The summed E-state index contributed by atoms with van der Waals surface area (Å²) in [5, 5.41) is 11.0. The molecule has 2 N–H and O–H groups in total. The van der Waals surface area contributed by atoms with Gasteiger partial charge in [-0.2, -0.15) is 0 Å². The van der Waals surface area contributed by atoms with Crippen LogP contribution >= 0.6 is 0 Å². The zero-order valence-electron chi connectivity index (χ0n) is 19.9. The molecule has 5 heterocycles. The largest absolute Gasteiger partial charge is 0.375 e. The highest BCUT2D eigenvalue weighted by atomic mass is 16.6. The number of para-hydroxylation sites is 2. The fourth-order valence-electron chi connectivity index (χ4n) is 7.33. The van der Waals surface area contributed by atoms with Crippen LogP contribution in [0.2, 0.25) is 0 Å². The molecule has 0 spiro atoms. The number of nitrogens with zero attached hydrogens (tertiary/aromatic N) is 2. The molecule has 176 valence electrons. The Labute approximate surface area is 201 Å². The Kier molecular flexibility index (Phi) is 3.65. The van der Waals surface area contributed by atoms with Crippen molar-refractivity contribution in [1.82, 2.24) is 19.8 Å². The van der Waals surface area contributed by atoms with Gasteiger partial charge in [-0.1, -0.05) is 36.4 Å². The minimum Gasteiger partial charge on any atom is -0.375 e. The number of likely N-dealkylation sites (N-methyl/N-ethyl adjacent to an activating group) is 1. The highest BCUT2D eigenvalue weighted by Gasteiger charge is 2.53. The number of amides is 1. The number of fused-ring (bicyclic) bond motifs is 13. The summed E-state index contributed by atoms with van der Waals surface area (Å²) in [5.74, 6) is 0.00357. The van der Waals surface area contributed by atoms with Crippen molar-refractivity contribution < 1.29 is 14.3 Å². The first-order valence-electron chi connectivity index (χ1n) is 12.3. The van der Waals surface area contributed by atoms with E-state index in [0.29, 0.717) is 6.54 Å². The molecule has 5 aromatic rings. The smallest absolute Gasteiger partial charge is 0.252 e. The van der Waals surface area contributed by atoms with E-state index in [0.717, 1.165) is 61.2 Å². The van der Waals surface area contributed by atoms with Crippen LogP contribution < -0.4 is 10.6 Å².